The molecule has 30 heavy (non-hydrogen) atoms. The van der Waals surface area contributed by atoms with E-state index in [9.17, 15) is 22.8 Å². The normalized spacial score (nSPS) is 20.5. The number of rotatable bonds is 3. The second-order valence-corrected chi connectivity index (χ2v) is 9.06. The molecule has 0 radical (unpaired) electrons. The summed E-state index contributed by atoms with van der Waals surface area (Å²) in [6.07, 6.45) is -1.12. The lowest BCUT2D eigenvalue weighted by Crippen LogP contribution is -2.48. The Labute approximate surface area is 175 Å². The van der Waals surface area contributed by atoms with E-state index in [1.165, 1.54) is 18.2 Å². The summed E-state index contributed by atoms with van der Waals surface area (Å²) >= 11 is 0. The number of benzene rings is 1. The van der Waals surface area contributed by atoms with Gasteiger partial charge in [-0.2, -0.15) is 13.2 Å². The summed E-state index contributed by atoms with van der Waals surface area (Å²) in [5.41, 5.74) is -1.88. The zero-order chi connectivity index (χ0) is 22.1. The highest BCUT2D eigenvalue weighted by atomic mass is 19.4. The predicted molar refractivity (Wildman–Crippen MR) is 106 cm³/mol. The lowest BCUT2D eigenvalue weighted by molar-refractivity contribution is -0.138. The van der Waals surface area contributed by atoms with Gasteiger partial charge in [-0.05, 0) is 52.2 Å². The molecule has 3 rings (SSSR count). The molecule has 2 fully saturated rings. The van der Waals surface area contributed by atoms with Crippen LogP contribution in [-0.2, 0) is 10.9 Å². The molecule has 2 aliphatic rings. The van der Waals surface area contributed by atoms with Crippen LogP contribution in [0, 0.1) is 0 Å². The van der Waals surface area contributed by atoms with Crippen molar-refractivity contribution in [3.63, 3.8) is 0 Å². The zero-order valence-corrected chi connectivity index (χ0v) is 17.7. The van der Waals surface area contributed by atoms with Gasteiger partial charge in [0.2, 0.25) is 0 Å². The van der Waals surface area contributed by atoms with Crippen molar-refractivity contribution in [1.82, 2.24) is 9.80 Å². The van der Waals surface area contributed by atoms with Crippen molar-refractivity contribution in [2.45, 2.75) is 76.7 Å². The van der Waals surface area contributed by atoms with Crippen LogP contribution in [0.4, 0.5) is 18.0 Å². The third kappa shape index (κ3) is 5.08. The summed E-state index contributed by atoms with van der Waals surface area (Å²) in [6, 6.07) is 4.50. The van der Waals surface area contributed by atoms with Crippen molar-refractivity contribution in [2.75, 3.05) is 13.1 Å². The molecule has 1 saturated heterocycles. The maximum absolute atomic E-state index is 13.5. The highest BCUT2D eigenvalue weighted by molar-refractivity contribution is 5.96. The first-order valence-electron chi connectivity index (χ1n) is 10.4. The van der Waals surface area contributed by atoms with E-state index in [0.717, 1.165) is 31.7 Å². The summed E-state index contributed by atoms with van der Waals surface area (Å²) in [4.78, 5) is 29.0. The number of halogens is 3. The van der Waals surface area contributed by atoms with Crippen LogP contribution in [0.1, 0.15) is 68.8 Å². The SMILES string of the molecule is CC(C)(C)OC(=O)N1CCC(N(C(=O)c2ccccc2C(F)(F)F)C2CCCC2)C1. The van der Waals surface area contributed by atoms with E-state index in [0.29, 0.717) is 13.0 Å². The number of carbonyl (C=O) groups is 2. The lowest BCUT2D eigenvalue weighted by Gasteiger charge is -2.35. The van der Waals surface area contributed by atoms with Gasteiger partial charge in [0.15, 0.2) is 0 Å². The number of carbonyl (C=O) groups excluding carboxylic acids is 2. The third-order valence-electron chi connectivity index (χ3n) is 5.62. The Morgan fingerprint density at radius 3 is 2.27 bits per heavy atom. The van der Waals surface area contributed by atoms with Crippen molar-refractivity contribution in [2.24, 2.45) is 0 Å². The highest BCUT2D eigenvalue weighted by Crippen LogP contribution is 2.35. The largest absolute Gasteiger partial charge is 0.444 e. The Kier molecular flexibility index (Phi) is 6.34. The fourth-order valence-corrected chi connectivity index (χ4v) is 4.33. The van der Waals surface area contributed by atoms with Gasteiger partial charge >= 0.3 is 12.3 Å². The molecule has 1 aromatic carbocycles. The molecule has 1 atom stereocenters. The minimum atomic E-state index is -4.61. The van der Waals surface area contributed by atoms with Gasteiger partial charge < -0.3 is 14.5 Å². The van der Waals surface area contributed by atoms with Gasteiger partial charge in [0.25, 0.3) is 5.91 Å². The van der Waals surface area contributed by atoms with Crippen molar-refractivity contribution < 1.29 is 27.5 Å². The molecular weight excluding hydrogens is 397 g/mol. The Morgan fingerprint density at radius 1 is 1.03 bits per heavy atom. The smallest absolute Gasteiger partial charge is 0.417 e. The van der Waals surface area contributed by atoms with Crippen molar-refractivity contribution in [3.05, 3.63) is 35.4 Å². The summed E-state index contributed by atoms with van der Waals surface area (Å²) in [5.74, 6) is -0.606. The fraction of sp³-hybridized carbons (Fsp3) is 0.636. The third-order valence-corrected chi connectivity index (χ3v) is 5.62. The van der Waals surface area contributed by atoms with Crippen LogP contribution >= 0.6 is 0 Å². The number of nitrogens with zero attached hydrogens (tertiary/aromatic N) is 2. The van der Waals surface area contributed by atoms with Gasteiger partial charge in [0.1, 0.15) is 5.60 Å². The molecule has 1 aliphatic heterocycles. The van der Waals surface area contributed by atoms with Gasteiger partial charge in [0, 0.05) is 19.1 Å². The van der Waals surface area contributed by atoms with E-state index in [4.69, 9.17) is 4.74 Å². The quantitative estimate of drug-likeness (QED) is 0.676. The second-order valence-electron chi connectivity index (χ2n) is 9.06. The molecule has 0 spiro atoms. The molecule has 8 heteroatoms. The zero-order valence-electron chi connectivity index (χ0n) is 17.7. The predicted octanol–water partition coefficient (Wildman–Crippen LogP) is 5.10. The maximum Gasteiger partial charge on any atom is 0.417 e. The Bertz CT molecular complexity index is 783. The first kappa shape index (κ1) is 22.4. The van der Waals surface area contributed by atoms with E-state index in [-0.39, 0.29) is 24.2 Å². The lowest BCUT2D eigenvalue weighted by atomic mass is 10.0. The van der Waals surface area contributed by atoms with Crippen LogP contribution in [0.5, 0.6) is 0 Å². The number of hydrogen-bond donors (Lipinski definition) is 0. The molecule has 1 heterocycles. The summed E-state index contributed by atoms with van der Waals surface area (Å²) in [5, 5.41) is 0. The van der Waals surface area contributed by atoms with Crippen LogP contribution in [0.25, 0.3) is 0 Å². The van der Waals surface area contributed by atoms with Gasteiger partial charge in [-0.15, -0.1) is 0 Å². The molecule has 0 aromatic heterocycles. The maximum atomic E-state index is 13.5. The van der Waals surface area contributed by atoms with Crippen LogP contribution in [-0.4, -0.2) is 52.6 Å². The Hall–Kier alpha value is -2.25. The van der Waals surface area contributed by atoms with Gasteiger partial charge in [-0.25, -0.2) is 4.79 Å². The van der Waals surface area contributed by atoms with E-state index >= 15 is 0 Å². The molecule has 0 N–H and O–H groups in total. The van der Waals surface area contributed by atoms with Crippen LogP contribution < -0.4 is 0 Å². The molecule has 1 saturated carbocycles. The second kappa shape index (κ2) is 8.47. The van der Waals surface area contributed by atoms with Crippen LogP contribution in [0.15, 0.2) is 24.3 Å². The topological polar surface area (TPSA) is 49.9 Å². The molecule has 1 aromatic rings. The molecule has 0 bridgehead atoms. The average Bonchev–Trinajstić information content (AvgIpc) is 3.32. The molecule has 166 valence electrons. The van der Waals surface area contributed by atoms with Crippen molar-refractivity contribution in [3.8, 4) is 0 Å². The van der Waals surface area contributed by atoms with Crippen molar-refractivity contribution >= 4 is 12.0 Å². The average molecular weight is 426 g/mol. The number of ether oxygens (including phenoxy) is 1. The summed E-state index contributed by atoms with van der Waals surface area (Å²) < 4.78 is 46.0. The van der Waals surface area contributed by atoms with Gasteiger partial charge in [-0.3, -0.25) is 4.79 Å². The van der Waals surface area contributed by atoms with Crippen molar-refractivity contribution in [1.29, 1.82) is 0 Å². The number of amides is 2. The first-order valence-corrected chi connectivity index (χ1v) is 10.4. The standard InChI is InChI=1S/C22H29F3N2O3/c1-21(2,3)30-20(29)26-13-12-16(14-26)27(15-8-4-5-9-15)19(28)17-10-6-7-11-18(17)22(23,24)25/h6-7,10-11,15-16H,4-5,8-9,12-14H2,1-3H3. The van der Waals surface area contributed by atoms with E-state index < -0.39 is 29.3 Å². The van der Waals surface area contributed by atoms with E-state index in [2.05, 4.69) is 0 Å². The fourth-order valence-electron chi connectivity index (χ4n) is 4.33. The van der Waals surface area contributed by atoms with Gasteiger partial charge in [0.05, 0.1) is 17.2 Å². The van der Waals surface area contributed by atoms with Crippen LogP contribution in [0.2, 0.25) is 0 Å². The number of likely N-dealkylation sites (tertiary alicyclic amines) is 1. The number of alkyl halides is 3. The first-order chi connectivity index (χ1) is 14.0. The molecule has 5 nitrogen and oxygen atoms in total. The molecular formula is C22H29F3N2O3. The minimum Gasteiger partial charge on any atom is -0.444 e. The highest BCUT2D eigenvalue weighted by Gasteiger charge is 2.42. The minimum absolute atomic E-state index is 0.109. The molecule has 1 unspecified atom stereocenters. The van der Waals surface area contributed by atoms with E-state index in [1.807, 2.05) is 0 Å². The Balaban J connectivity index is 1.85. The monoisotopic (exact) mass is 426 g/mol. The molecule has 1 aliphatic carbocycles. The number of hydrogen-bond acceptors (Lipinski definition) is 3. The van der Waals surface area contributed by atoms with Gasteiger partial charge in [-0.1, -0.05) is 25.0 Å². The van der Waals surface area contributed by atoms with E-state index in [1.54, 1.807) is 30.6 Å². The molecule has 2 amide bonds. The summed E-state index contributed by atoms with van der Waals surface area (Å²) in [6.45, 7) is 6.02. The Morgan fingerprint density at radius 2 is 1.67 bits per heavy atom. The summed E-state index contributed by atoms with van der Waals surface area (Å²) in [7, 11) is 0. The van der Waals surface area contributed by atoms with Crippen LogP contribution in [0.3, 0.4) is 0 Å².